The first-order valence-electron chi connectivity index (χ1n) is 6.88. The quantitative estimate of drug-likeness (QED) is 0.690. The number of nitrogens with zero attached hydrogens (tertiary/aromatic N) is 1. The Hall–Kier alpha value is -2.35. The summed E-state index contributed by atoms with van der Waals surface area (Å²) < 4.78 is 1.66. The van der Waals surface area contributed by atoms with Crippen molar-refractivity contribution in [3.8, 4) is 11.1 Å². The second-order valence-corrected chi connectivity index (χ2v) is 5.05. The molecule has 2 aromatic carbocycles. The van der Waals surface area contributed by atoms with Gasteiger partial charge in [0, 0.05) is 24.2 Å². The topological polar surface area (TPSA) is 22.0 Å². The number of fused-ring (bicyclic) bond motifs is 1. The zero-order valence-electron chi connectivity index (χ0n) is 11.8. The molecular formula is C18H17NO. The molecule has 0 N–H and O–H groups in total. The maximum Gasteiger partial charge on any atom is 0.258 e. The molecule has 1 aromatic heterocycles. The van der Waals surface area contributed by atoms with E-state index in [0.717, 1.165) is 28.3 Å². The molecule has 0 aliphatic heterocycles. The van der Waals surface area contributed by atoms with Crippen molar-refractivity contribution in [1.82, 2.24) is 4.57 Å². The minimum atomic E-state index is 0.0505. The largest absolute Gasteiger partial charge is 0.317 e. The first-order chi connectivity index (χ1) is 9.70. The average molecular weight is 263 g/mol. The monoisotopic (exact) mass is 263 g/mol. The minimum Gasteiger partial charge on any atom is -0.317 e. The summed E-state index contributed by atoms with van der Waals surface area (Å²) in [6.45, 7) is 2.15. The molecule has 20 heavy (non-hydrogen) atoms. The molecule has 0 amide bonds. The van der Waals surface area contributed by atoms with Crippen molar-refractivity contribution in [2.45, 2.75) is 13.3 Å². The first kappa shape index (κ1) is 12.7. The van der Waals surface area contributed by atoms with E-state index in [1.807, 2.05) is 30.5 Å². The Morgan fingerprint density at radius 2 is 1.60 bits per heavy atom. The van der Waals surface area contributed by atoms with E-state index in [0.29, 0.717) is 0 Å². The molecule has 2 heteroatoms. The zero-order chi connectivity index (χ0) is 14.1. The lowest BCUT2D eigenvalue weighted by Crippen LogP contribution is -2.16. The summed E-state index contributed by atoms with van der Waals surface area (Å²) in [6.07, 6.45) is 2.96. The molecule has 100 valence electrons. The molecular weight excluding hydrogens is 246 g/mol. The van der Waals surface area contributed by atoms with Crippen LogP contribution < -0.4 is 5.56 Å². The summed E-state index contributed by atoms with van der Waals surface area (Å²) in [4.78, 5) is 12.2. The molecule has 0 atom stereocenters. The van der Waals surface area contributed by atoms with E-state index in [4.69, 9.17) is 0 Å². The van der Waals surface area contributed by atoms with Crippen molar-refractivity contribution in [2.24, 2.45) is 7.05 Å². The Labute approximate surface area is 118 Å². The van der Waals surface area contributed by atoms with E-state index in [9.17, 15) is 4.79 Å². The van der Waals surface area contributed by atoms with Gasteiger partial charge in [-0.25, -0.2) is 0 Å². The molecule has 0 fully saturated rings. The van der Waals surface area contributed by atoms with Crippen LogP contribution in [0.1, 0.15) is 12.5 Å². The average Bonchev–Trinajstić information content (AvgIpc) is 2.51. The van der Waals surface area contributed by atoms with Crippen LogP contribution in [-0.4, -0.2) is 4.57 Å². The lowest BCUT2D eigenvalue weighted by molar-refractivity contribution is 0.875. The van der Waals surface area contributed by atoms with Gasteiger partial charge in [0.05, 0.1) is 0 Å². The number of aromatic nitrogens is 1. The van der Waals surface area contributed by atoms with Crippen LogP contribution in [-0.2, 0) is 13.5 Å². The lowest BCUT2D eigenvalue weighted by Gasteiger charge is -2.10. The molecule has 0 radical (unpaired) electrons. The highest BCUT2D eigenvalue weighted by molar-refractivity contribution is 5.95. The van der Waals surface area contributed by atoms with Gasteiger partial charge in [-0.3, -0.25) is 4.79 Å². The Bertz CT molecular complexity index is 813. The highest BCUT2D eigenvalue weighted by Gasteiger charge is 2.08. The molecule has 0 bridgehead atoms. The van der Waals surface area contributed by atoms with E-state index in [1.165, 1.54) is 5.56 Å². The zero-order valence-corrected chi connectivity index (χ0v) is 11.8. The summed E-state index contributed by atoms with van der Waals surface area (Å²) in [5, 5.41) is 1.78. The Kier molecular flexibility index (Phi) is 3.15. The summed E-state index contributed by atoms with van der Waals surface area (Å²) in [7, 11) is 1.80. The van der Waals surface area contributed by atoms with Crippen LogP contribution >= 0.6 is 0 Å². The second-order valence-electron chi connectivity index (χ2n) is 5.05. The maximum absolute atomic E-state index is 12.2. The van der Waals surface area contributed by atoms with Crippen LogP contribution in [0.4, 0.5) is 0 Å². The maximum atomic E-state index is 12.2. The number of hydrogen-bond donors (Lipinski definition) is 0. The normalized spacial score (nSPS) is 10.9. The smallest absolute Gasteiger partial charge is 0.258 e. The third-order valence-electron chi connectivity index (χ3n) is 3.76. The van der Waals surface area contributed by atoms with Crippen molar-refractivity contribution in [3.63, 3.8) is 0 Å². The molecule has 0 aliphatic rings. The molecule has 0 aliphatic carbocycles. The Balaban J connectivity index is 2.30. The summed E-state index contributed by atoms with van der Waals surface area (Å²) in [5.41, 5.74) is 3.62. The van der Waals surface area contributed by atoms with Gasteiger partial charge in [-0.1, -0.05) is 49.4 Å². The molecule has 0 saturated carbocycles. The van der Waals surface area contributed by atoms with E-state index in [1.54, 1.807) is 11.6 Å². The van der Waals surface area contributed by atoms with Crippen molar-refractivity contribution in [2.75, 3.05) is 0 Å². The van der Waals surface area contributed by atoms with Crippen LogP contribution in [0.3, 0.4) is 0 Å². The predicted octanol–water partition coefficient (Wildman–Crippen LogP) is 3.77. The van der Waals surface area contributed by atoms with Gasteiger partial charge in [-0.05, 0) is 29.0 Å². The second kappa shape index (κ2) is 4.97. The summed E-state index contributed by atoms with van der Waals surface area (Å²) in [6, 6.07) is 16.3. The van der Waals surface area contributed by atoms with Crippen molar-refractivity contribution in [1.29, 1.82) is 0 Å². The van der Waals surface area contributed by atoms with Crippen LogP contribution in [0.25, 0.3) is 21.9 Å². The van der Waals surface area contributed by atoms with Gasteiger partial charge in [0.15, 0.2) is 0 Å². The van der Waals surface area contributed by atoms with Gasteiger partial charge < -0.3 is 4.57 Å². The molecule has 0 saturated heterocycles. The number of benzene rings is 2. The van der Waals surface area contributed by atoms with Gasteiger partial charge in [0.1, 0.15) is 0 Å². The lowest BCUT2D eigenvalue weighted by atomic mass is 9.99. The van der Waals surface area contributed by atoms with Gasteiger partial charge in [-0.2, -0.15) is 0 Å². The fourth-order valence-electron chi connectivity index (χ4n) is 2.57. The predicted molar refractivity (Wildman–Crippen MR) is 84.0 cm³/mol. The number of pyridine rings is 1. The van der Waals surface area contributed by atoms with E-state index in [-0.39, 0.29) is 5.56 Å². The SMILES string of the molecule is CCc1ccc(-c2cn(C)c(=O)c3ccccc23)cc1. The highest BCUT2D eigenvalue weighted by atomic mass is 16.1. The number of aryl methyl sites for hydroxylation is 2. The third kappa shape index (κ3) is 2.03. The first-order valence-corrected chi connectivity index (χ1v) is 6.88. The van der Waals surface area contributed by atoms with Gasteiger partial charge in [0.2, 0.25) is 0 Å². The van der Waals surface area contributed by atoms with Crippen molar-refractivity contribution < 1.29 is 0 Å². The van der Waals surface area contributed by atoms with Crippen molar-refractivity contribution in [3.05, 3.63) is 70.6 Å². The van der Waals surface area contributed by atoms with Gasteiger partial charge >= 0.3 is 0 Å². The number of hydrogen-bond acceptors (Lipinski definition) is 1. The van der Waals surface area contributed by atoms with Gasteiger partial charge in [-0.15, -0.1) is 0 Å². The molecule has 2 nitrogen and oxygen atoms in total. The van der Waals surface area contributed by atoms with E-state index < -0.39 is 0 Å². The molecule has 1 heterocycles. The van der Waals surface area contributed by atoms with E-state index >= 15 is 0 Å². The standard InChI is InChI=1S/C18H17NO/c1-3-13-8-10-14(11-9-13)17-12-19(2)18(20)16-7-5-4-6-15(16)17/h4-12H,3H2,1-2H3. The Morgan fingerprint density at radius 1 is 0.950 bits per heavy atom. The fraction of sp³-hybridized carbons (Fsp3) is 0.167. The van der Waals surface area contributed by atoms with Crippen molar-refractivity contribution >= 4 is 10.8 Å². The van der Waals surface area contributed by atoms with Crippen LogP contribution in [0.15, 0.2) is 59.5 Å². The number of rotatable bonds is 2. The fourth-order valence-corrected chi connectivity index (χ4v) is 2.57. The van der Waals surface area contributed by atoms with Crippen LogP contribution in [0.2, 0.25) is 0 Å². The van der Waals surface area contributed by atoms with Crippen LogP contribution in [0.5, 0.6) is 0 Å². The molecule has 0 unspecified atom stereocenters. The minimum absolute atomic E-state index is 0.0505. The summed E-state index contributed by atoms with van der Waals surface area (Å²) >= 11 is 0. The molecule has 3 aromatic rings. The Morgan fingerprint density at radius 3 is 2.25 bits per heavy atom. The van der Waals surface area contributed by atoms with E-state index in [2.05, 4.69) is 31.2 Å². The molecule has 3 rings (SSSR count). The van der Waals surface area contributed by atoms with Crippen LogP contribution in [0, 0.1) is 0 Å². The van der Waals surface area contributed by atoms with Gasteiger partial charge in [0.25, 0.3) is 5.56 Å². The summed E-state index contributed by atoms with van der Waals surface area (Å²) in [5.74, 6) is 0. The third-order valence-corrected chi connectivity index (χ3v) is 3.76. The molecule has 0 spiro atoms. The highest BCUT2D eigenvalue weighted by Crippen LogP contribution is 2.26.